The summed E-state index contributed by atoms with van der Waals surface area (Å²) in [5.41, 5.74) is 2.88. The van der Waals surface area contributed by atoms with Crippen molar-refractivity contribution in [1.82, 2.24) is 0 Å². The number of methoxy groups -OCH3 is 2. The molecule has 34 heavy (non-hydrogen) atoms. The van der Waals surface area contributed by atoms with Gasteiger partial charge in [-0.3, -0.25) is 4.79 Å². The van der Waals surface area contributed by atoms with Gasteiger partial charge in [0, 0.05) is 10.6 Å². The summed E-state index contributed by atoms with van der Waals surface area (Å²) < 4.78 is 9.89. The van der Waals surface area contributed by atoms with Crippen LogP contribution in [0.5, 0.6) is 11.5 Å². The van der Waals surface area contributed by atoms with Crippen molar-refractivity contribution >= 4 is 23.4 Å². The predicted molar refractivity (Wildman–Crippen MR) is 137 cm³/mol. The largest absolute Gasteiger partial charge is 0.497 e. The van der Waals surface area contributed by atoms with Gasteiger partial charge in [-0.25, -0.2) is 0 Å². The fourth-order valence-electron chi connectivity index (χ4n) is 4.51. The molecule has 1 aliphatic rings. The van der Waals surface area contributed by atoms with Crippen LogP contribution in [0.2, 0.25) is 0 Å². The number of nitrogens with zero attached hydrogens (tertiary/aromatic N) is 1. The Morgan fingerprint density at radius 2 is 1.24 bits per heavy atom. The molecule has 5 rings (SSSR count). The highest BCUT2D eigenvalue weighted by atomic mass is 32.2. The molecule has 0 aromatic heterocycles. The summed E-state index contributed by atoms with van der Waals surface area (Å²) >= 11 is 1.60. The first-order valence-corrected chi connectivity index (χ1v) is 11.9. The highest BCUT2D eigenvalue weighted by Gasteiger charge is 2.63. The molecule has 1 aliphatic heterocycles. The molecular weight excluding hydrogens is 442 g/mol. The molecular formula is C29H25NO3S. The summed E-state index contributed by atoms with van der Waals surface area (Å²) in [7, 11) is 3.29. The molecule has 0 radical (unpaired) electrons. The third-order valence-electron chi connectivity index (χ3n) is 6.19. The van der Waals surface area contributed by atoms with Gasteiger partial charge >= 0.3 is 0 Å². The second-order valence-electron chi connectivity index (χ2n) is 8.07. The summed E-state index contributed by atoms with van der Waals surface area (Å²) in [6.45, 7) is 0. The van der Waals surface area contributed by atoms with Crippen molar-refractivity contribution in [1.29, 1.82) is 0 Å². The lowest BCUT2D eigenvalue weighted by Gasteiger charge is -2.56. The summed E-state index contributed by atoms with van der Waals surface area (Å²) in [4.78, 5) is 17.2. The van der Waals surface area contributed by atoms with Gasteiger partial charge in [-0.15, -0.1) is 11.8 Å². The van der Waals surface area contributed by atoms with Crippen LogP contribution in [0.3, 0.4) is 0 Å². The van der Waals surface area contributed by atoms with Gasteiger partial charge < -0.3 is 14.4 Å². The van der Waals surface area contributed by atoms with E-state index >= 15 is 0 Å². The molecule has 4 aromatic carbocycles. The van der Waals surface area contributed by atoms with Gasteiger partial charge in [0.1, 0.15) is 16.2 Å². The number of rotatable bonds is 7. The zero-order chi connectivity index (χ0) is 23.5. The Labute approximate surface area is 204 Å². The van der Waals surface area contributed by atoms with Gasteiger partial charge in [0.25, 0.3) is 5.91 Å². The minimum Gasteiger partial charge on any atom is -0.497 e. The fraction of sp³-hybridized carbons (Fsp3) is 0.138. The third kappa shape index (κ3) is 3.72. The molecule has 5 heteroatoms. The Kier molecular flexibility index (Phi) is 6.03. The molecule has 4 nitrogen and oxygen atoms in total. The van der Waals surface area contributed by atoms with E-state index in [1.165, 1.54) is 0 Å². The first-order chi connectivity index (χ1) is 16.7. The molecule has 1 heterocycles. The zero-order valence-corrected chi connectivity index (χ0v) is 19.9. The monoisotopic (exact) mass is 467 g/mol. The van der Waals surface area contributed by atoms with Gasteiger partial charge in [0.15, 0.2) is 0 Å². The number of thioether (sulfide) groups is 1. The normalized spacial score (nSPS) is 19.4. The molecule has 0 bridgehead atoms. The second-order valence-corrected chi connectivity index (χ2v) is 9.39. The van der Waals surface area contributed by atoms with E-state index < -0.39 is 4.75 Å². The smallest absolute Gasteiger partial charge is 0.251 e. The van der Waals surface area contributed by atoms with E-state index in [4.69, 9.17) is 9.47 Å². The predicted octanol–water partition coefficient (Wildman–Crippen LogP) is 6.48. The third-order valence-corrected chi connectivity index (χ3v) is 7.65. The topological polar surface area (TPSA) is 38.8 Å². The Morgan fingerprint density at radius 3 is 1.79 bits per heavy atom. The van der Waals surface area contributed by atoms with Crippen LogP contribution in [0.15, 0.2) is 114 Å². The standard InChI is InChI=1S/C29H25NO3S/c1-32-24-17-13-22(14-18-24)29(34-26-11-7-4-8-12-26)27(21-9-5-3-6-10-21)30(28(29)31)23-15-19-25(33-2)20-16-23/h3-20,27H,1-2H3/t27-,29-/m1/s1. The first kappa shape index (κ1) is 22.1. The Balaban J connectivity index is 1.68. The highest BCUT2D eigenvalue weighted by Crippen LogP contribution is 2.61. The van der Waals surface area contributed by atoms with Crippen molar-refractivity contribution in [3.05, 3.63) is 120 Å². The SMILES string of the molecule is COc1ccc(N2C(=O)[C@@](Sc3ccccc3)(c3ccc(OC)cc3)[C@H]2c2ccccc2)cc1. The van der Waals surface area contributed by atoms with Crippen LogP contribution < -0.4 is 14.4 Å². The lowest BCUT2D eigenvalue weighted by atomic mass is 9.76. The number of amides is 1. The number of β-lactam (4-membered cyclic amide) rings is 1. The van der Waals surface area contributed by atoms with E-state index in [0.717, 1.165) is 33.2 Å². The number of carbonyl (C=O) groups is 1. The van der Waals surface area contributed by atoms with Crippen LogP contribution in [0.25, 0.3) is 0 Å². The lowest BCUT2D eigenvalue weighted by molar-refractivity contribution is -0.128. The Morgan fingerprint density at radius 1 is 0.706 bits per heavy atom. The van der Waals surface area contributed by atoms with Gasteiger partial charge in [0.05, 0.1) is 20.3 Å². The van der Waals surface area contributed by atoms with Gasteiger partial charge in [-0.05, 0) is 59.7 Å². The van der Waals surface area contributed by atoms with Crippen LogP contribution in [-0.4, -0.2) is 20.1 Å². The van der Waals surface area contributed by atoms with Gasteiger partial charge in [0.2, 0.25) is 0 Å². The van der Waals surface area contributed by atoms with E-state index in [0.29, 0.717) is 0 Å². The summed E-state index contributed by atoms with van der Waals surface area (Å²) in [5, 5.41) is 0. The number of anilines is 1. The average molecular weight is 468 g/mol. The molecule has 0 N–H and O–H groups in total. The minimum atomic E-state index is -0.824. The van der Waals surface area contributed by atoms with E-state index in [9.17, 15) is 4.79 Å². The minimum absolute atomic E-state index is 0.0468. The van der Waals surface area contributed by atoms with Gasteiger partial charge in [-0.2, -0.15) is 0 Å². The summed E-state index contributed by atoms with van der Waals surface area (Å²) in [6.07, 6.45) is 0. The van der Waals surface area contributed by atoms with Crippen LogP contribution >= 0.6 is 11.8 Å². The first-order valence-electron chi connectivity index (χ1n) is 11.1. The van der Waals surface area contributed by atoms with Crippen molar-refractivity contribution < 1.29 is 14.3 Å². The maximum absolute atomic E-state index is 14.2. The number of hydrogen-bond acceptors (Lipinski definition) is 4. The number of ether oxygens (including phenoxy) is 2. The van der Waals surface area contributed by atoms with Crippen molar-refractivity contribution in [3.63, 3.8) is 0 Å². The van der Waals surface area contributed by atoms with Crippen molar-refractivity contribution in [2.75, 3.05) is 19.1 Å². The number of benzene rings is 4. The molecule has 0 saturated carbocycles. The average Bonchev–Trinajstić information content (AvgIpc) is 2.91. The summed E-state index contributed by atoms with van der Waals surface area (Å²) in [6, 6.07) is 35.7. The van der Waals surface area contributed by atoms with E-state index in [2.05, 4.69) is 24.3 Å². The molecule has 0 aliphatic carbocycles. The van der Waals surface area contributed by atoms with Crippen LogP contribution in [0, 0.1) is 0 Å². The Bertz CT molecular complexity index is 1260. The maximum Gasteiger partial charge on any atom is 0.251 e. The van der Waals surface area contributed by atoms with Crippen LogP contribution in [0.4, 0.5) is 5.69 Å². The molecule has 1 amide bonds. The van der Waals surface area contributed by atoms with Crippen molar-refractivity contribution in [2.45, 2.75) is 15.7 Å². The molecule has 2 atom stereocenters. The highest BCUT2D eigenvalue weighted by molar-refractivity contribution is 8.01. The molecule has 1 saturated heterocycles. The molecule has 170 valence electrons. The number of hydrogen-bond donors (Lipinski definition) is 0. The van der Waals surface area contributed by atoms with Crippen molar-refractivity contribution in [2.24, 2.45) is 0 Å². The van der Waals surface area contributed by atoms with Crippen LogP contribution in [0.1, 0.15) is 17.2 Å². The van der Waals surface area contributed by atoms with E-state index in [1.54, 1.807) is 26.0 Å². The molecule has 4 aromatic rings. The fourth-order valence-corrected chi connectivity index (χ4v) is 5.97. The maximum atomic E-state index is 14.2. The zero-order valence-electron chi connectivity index (χ0n) is 19.0. The molecule has 0 spiro atoms. The Hall–Kier alpha value is -3.70. The second kappa shape index (κ2) is 9.27. The van der Waals surface area contributed by atoms with Crippen molar-refractivity contribution in [3.8, 4) is 11.5 Å². The summed E-state index contributed by atoms with van der Waals surface area (Å²) in [5.74, 6) is 1.57. The quantitative estimate of drug-likeness (QED) is 0.292. The van der Waals surface area contributed by atoms with Crippen LogP contribution in [-0.2, 0) is 9.54 Å². The van der Waals surface area contributed by atoms with E-state index in [1.807, 2.05) is 89.8 Å². The van der Waals surface area contributed by atoms with E-state index in [-0.39, 0.29) is 11.9 Å². The molecule has 1 fully saturated rings. The molecule has 0 unspecified atom stereocenters. The number of carbonyl (C=O) groups excluding carboxylic acids is 1. The lowest BCUT2D eigenvalue weighted by Crippen LogP contribution is -2.64. The van der Waals surface area contributed by atoms with Gasteiger partial charge in [-0.1, -0.05) is 60.7 Å².